The molecule has 0 saturated heterocycles. The number of thiol groups is 1. The molecule has 0 aliphatic heterocycles. The first-order chi connectivity index (χ1) is 13.1. The standard InChI is InChI=1S/C20H24O6S/c21-10-12-24-17-8-4-5-15(13-17)20(23)18(9-11-25-19(22)14-27)26-16-6-2-1-3-7-16/h1-8,13,18,20-21,23,27H,9-12,14H2/t18-,20-/m0/s1. The molecule has 2 N–H and O–H groups in total. The lowest BCUT2D eigenvalue weighted by atomic mass is 10.0. The summed E-state index contributed by atoms with van der Waals surface area (Å²) >= 11 is 3.87. The maximum atomic E-state index is 11.3. The Morgan fingerprint density at radius 3 is 2.48 bits per heavy atom. The molecule has 6 nitrogen and oxygen atoms in total. The molecular weight excluding hydrogens is 368 g/mol. The number of rotatable bonds is 11. The zero-order valence-corrected chi connectivity index (χ0v) is 15.8. The van der Waals surface area contributed by atoms with Crippen molar-refractivity contribution < 1.29 is 29.2 Å². The molecule has 0 aliphatic rings. The number of carbonyl (C=O) groups excluding carboxylic acids is 1. The normalized spacial score (nSPS) is 12.9. The molecule has 0 bridgehead atoms. The van der Waals surface area contributed by atoms with E-state index in [-0.39, 0.29) is 25.6 Å². The van der Waals surface area contributed by atoms with Crippen LogP contribution in [-0.4, -0.2) is 47.9 Å². The van der Waals surface area contributed by atoms with Crippen molar-refractivity contribution in [2.45, 2.75) is 18.6 Å². The molecule has 0 aromatic heterocycles. The Labute approximate surface area is 164 Å². The number of hydrogen-bond acceptors (Lipinski definition) is 7. The van der Waals surface area contributed by atoms with Crippen LogP contribution in [0.4, 0.5) is 0 Å². The molecule has 0 spiro atoms. The summed E-state index contributed by atoms with van der Waals surface area (Å²) in [6, 6.07) is 16.1. The first-order valence-corrected chi connectivity index (χ1v) is 9.27. The van der Waals surface area contributed by atoms with E-state index in [1.165, 1.54) is 0 Å². The molecular formula is C20H24O6S. The van der Waals surface area contributed by atoms with Crippen LogP contribution in [0, 0.1) is 0 Å². The predicted octanol–water partition coefficient (Wildman–Crippen LogP) is 2.40. The topological polar surface area (TPSA) is 85.2 Å². The van der Waals surface area contributed by atoms with Gasteiger partial charge in [-0.05, 0) is 29.8 Å². The van der Waals surface area contributed by atoms with Crippen molar-refractivity contribution in [3.8, 4) is 11.5 Å². The lowest BCUT2D eigenvalue weighted by Crippen LogP contribution is -2.27. The number of aliphatic hydroxyl groups excluding tert-OH is 2. The highest BCUT2D eigenvalue weighted by Gasteiger charge is 2.24. The molecule has 2 aromatic rings. The van der Waals surface area contributed by atoms with Gasteiger partial charge in [0.15, 0.2) is 0 Å². The number of benzene rings is 2. The summed E-state index contributed by atoms with van der Waals surface area (Å²) in [5.41, 5.74) is 0.604. The van der Waals surface area contributed by atoms with E-state index in [0.29, 0.717) is 23.5 Å². The molecule has 2 aromatic carbocycles. The quantitative estimate of drug-likeness (QED) is 0.402. The molecule has 0 radical (unpaired) electrons. The highest BCUT2D eigenvalue weighted by atomic mass is 32.1. The number of carbonyl (C=O) groups is 1. The lowest BCUT2D eigenvalue weighted by molar-refractivity contribution is -0.141. The Morgan fingerprint density at radius 2 is 1.78 bits per heavy atom. The van der Waals surface area contributed by atoms with Gasteiger partial charge in [0.2, 0.25) is 0 Å². The molecule has 0 aliphatic carbocycles. The minimum atomic E-state index is -0.961. The Hall–Kier alpha value is -2.22. The zero-order chi connectivity index (χ0) is 19.5. The lowest BCUT2D eigenvalue weighted by Gasteiger charge is -2.25. The van der Waals surface area contributed by atoms with Crippen molar-refractivity contribution >= 4 is 18.6 Å². The molecule has 0 fully saturated rings. The summed E-state index contributed by atoms with van der Waals surface area (Å²) in [6.45, 7) is 0.181. The van der Waals surface area contributed by atoms with Gasteiger partial charge in [-0.25, -0.2) is 0 Å². The van der Waals surface area contributed by atoms with Crippen molar-refractivity contribution in [3.63, 3.8) is 0 Å². The highest BCUT2D eigenvalue weighted by Crippen LogP contribution is 2.26. The van der Waals surface area contributed by atoms with Gasteiger partial charge in [0.05, 0.1) is 19.0 Å². The van der Waals surface area contributed by atoms with Crippen LogP contribution in [0.3, 0.4) is 0 Å². The zero-order valence-electron chi connectivity index (χ0n) is 14.9. The minimum absolute atomic E-state index is 0.00297. The summed E-state index contributed by atoms with van der Waals surface area (Å²) in [5.74, 6) is 0.720. The molecule has 0 heterocycles. The second-order valence-corrected chi connectivity index (χ2v) is 6.04. The maximum Gasteiger partial charge on any atom is 0.315 e. The van der Waals surface area contributed by atoms with Gasteiger partial charge in [-0.1, -0.05) is 30.3 Å². The summed E-state index contributed by atoms with van der Waals surface area (Å²) in [4.78, 5) is 11.3. The van der Waals surface area contributed by atoms with Crippen LogP contribution >= 0.6 is 12.6 Å². The Kier molecular flexibility index (Phi) is 8.97. The van der Waals surface area contributed by atoms with E-state index in [1.807, 2.05) is 18.2 Å². The van der Waals surface area contributed by atoms with Crippen molar-refractivity contribution in [3.05, 3.63) is 60.2 Å². The fourth-order valence-corrected chi connectivity index (χ4v) is 2.55. The predicted molar refractivity (Wildman–Crippen MR) is 104 cm³/mol. The molecule has 2 rings (SSSR count). The van der Waals surface area contributed by atoms with Gasteiger partial charge in [0.1, 0.15) is 30.3 Å². The number of para-hydroxylation sites is 1. The van der Waals surface area contributed by atoms with Gasteiger partial charge >= 0.3 is 5.97 Å². The van der Waals surface area contributed by atoms with Crippen LogP contribution < -0.4 is 9.47 Å². The van der Waals surface area contributed by atoms with E-state index >= 15 is 0 Å². The monoisotopic (exact) mass is 392 g/mol. The number of esters is 1. The van der Waals surface area contributed by atoms with Crippen LogP contribution in [0.25, 0.3) is 0 Å². The largest absolute Gasteiger partial charge is 0.491 e. The second-order valence-electron chi connectivity index (χ2n) is 5.73. The summed E-state index contributed by atoms with van der Waals surface area (Å²) in [7, 11) is 0. The number of ether oxygens (including phenoxy) is 3. The first-order valence-electron chi connectivity index (χ1n) is 8.64. The van der Waals surface area contributed by atoms with E-state index in [0.717, 1.165) is 0 Å². The number of hydrogen-bond donors (Lipinski definition) is 3. The van der Waals surface area contributed by atoms with Gasteiger partial charge in [0, 0.05) is 6.42 Å². The van der Waals surface area contributed by atoms with Crippen molar-refractivity contribution in [2.24, 2.45) is 0 Å². The fraction of sp³-hybridized carbons (Fsp3) is 0.350. The van der Waals surface area contributed by atoms with Crippen LogP contribution in [-0.2, 0) is 9.53 Å². The van der Waals surface area contributed by atoms with E-state index in [2.05, 4.69) is 12.6 Å². The molecule has 0 saturated carbocycles. The van der Waals surface area contributed by atoms with Crippen LogP contribution in [0.1, 0.15) is 18.1 Å². The first kappa shape index (κ1) is 21.1. The third-order valence-corrected chi connectivity index (χ3v) is 4.00. The second kappa shape index (κ2) is 11.5. The van der Waals surface area contributed by atoms with E-state index in [4.69, 9.17) is 19.3 Å². The molecule has 0 amide bonds. The maximum absolute atomic E-state index is 11.3. The molecule has 2 atom stereocenters. The van der Waals surface area contributed by atoms with Gasteiger partial charge in [-0.15, -0.1) is 0 Å². The summed E-state index contributed by atoms with van der Waals surface area (Å²) < 4.78 is 16.4. The Morgan fingerprint density at radius 1 is 1.04 bits per heavy atom. The smallest absolute Gasteiger partial charge is 0.315 e. The highest BCUT2D eigenvalue weighted by molar-refractivity contribution is 7.81. The van der Waals surface area contributed by atoms with Gasteiger partial charge in [0.25, 0.3) is 0 Å². The molecule has 7 heteroatoms. The summed E-state index contributed by atoms with van der Waals surface area (Å²) in [5, 5.41) is 19.7. The van der Waals surface area contributed by atoms with Gasteiger partial charge in [-0.3, -0.25) is 4.79 Å². The Bertz CT molecular complexity index is 694. The number of aliphatic hydroxyl groups is 2. The van der Waals surface area contributed by atoms with Gasteiger partial charge in [-0.2, -0.15) is 12.6 Å². The van der Waals surface area contributed by atoms with E-state index in [1.54, 1.807) is 36.4 Å². The van der Waals surface area contributed by atoms with Crippen LogP contribution in [0.15, 0.2) is 54.6 Å². The molecule has 0 unspecified atom stereocenters. The third-order valence-electron chi connectivity index (χ3n) is 3.74. The fourth-order valence-electron chi connectivity index (χ4n) is 2.46. The van der Waals surface area contributed by atoms with Crippen molar-refractivity contribution in [1.82, 2.24) is 0 Å². The third kappa shape index (κ3) is 7.13. The Balaban J connectivity index is 2.11. The minimum Gasteiger partial charge on any atom is -0.491 e. The van der Waals surface area contributed by atoms with E-state index < -0.39 is 18.2 Å². The van der Waals surface area contributed by atoms with Crippen molar-refractivity contribution in [1.29, 1.82) is 0 Å². The van der Waals surface area contributed by atoms with E-state index in [9.17, 15) is 9.90 Å². The van der Waals surface area contributed by atoms with Crippen molar-refractivity contribution in [2.75, 3.05) is 25.6 Å². The van der Waals surface area contributed by atoms with Gasteiger partial charge < -0.3 is 24.4 Å². The van der Waals surface area contributed by atoms with Crippen LogP contribution in [0.5, 0.6) is 11.5 Å². The molecule has 27 heavy (non-hydrogen) atoms. The molecule has 146 valence electrons. The SMILES string of the molecule is O=C(CS)OCC[C@H](Oc1ccccc1)[C@@H](O)c1cccc(OCCO)c1. The van der Waals surface area contributed by atoms with Crippen LogP contribution in [0.2, 0.25) is 0 Å². The average molecular weight is 392 g/mol. The average Bonchev–Trinajstić information content (AvgIpc) is 2.71. The summed E-state index contributed by atoms with van der Waals surface area (Å²) in [6.07, 6.45) is -1.29.